The topological polar surface area (TPSA) is 42.2 Å². The molecule has 0 aliphatic carbocycles. The van der Waals surface area contributed by atoms with Crippen LogP contribution in [0.2, 0.25) is 10.0 Å². The Morgan fingerprint density at radius 1 is 1.07 bits per heavy atom. The molecule has 0 saturated carbocycles. The van der Waals surface area contributed by atoms with Crippen LogP contribution in [-0.2, 0) is 6.61 Å². The molecule has 0 spiro atoms. The minimum Gasteiger partial charge on any atom is -0.493 e. The first-order valence-electron chi connectivity index (χ1n) is 8.63. The van der Waals surface area contributed by atoms with Crippen molar-refractivity contribution in [2.45, 2.75) is 6.61 Å². The molecule has 0 saturated heterocycles. The SMILES string of the molecule is COc1cc(C=C(C#N)c2ccccc2Cl)cc(Cl)c1OCc1cccc(F)c1. The maximum atomic E-state index is 13.3. The normalized spacial score (nSPS) is 11.1. The maximum absolute atomic E-state index is 13.3. The van der Waals surface area contributed by atoms with Crippen molar-refractivity contribution in [3.05, 3.63) is 93.2 Å². The summed E-state index contributed by atoms with van der Waals surface area (Å²) in [4.78, 5) is 0. The Hall–Kier alpha value is -3.00. The van der Waals surface area contributed by atoms with Gasteiger partial charge in [-0.3, -0.25) is 0 Å². The van der Waals surface area contributed by atoms with Crippen molar-refractivity contribution in [3.63, 3.8) is 0 Å². The molecule has 3 rings (SSSR count). The summed E-state index contributed by atoms with van der Waals surface area (Å²) in [7, 11) is 1.49. The summed E-state index contributed by atoms with van der Waals surface area (Å²) in [5.74, 6) is 0.400. The molecule has 0 aliphatic heterocycles. The third-order valence-corrected chi connectivity index (χ3v) is 4.73. The van der Waals surface area contributed by atoms with Crippen LogP contribution in [0.3, 0.4) is 0 Å². The van der Waals surface area contributed by atoms with Gasteiger partial charge in [0, 0.05) is 10.6 Å². The zero-order valence-corrected chi connectivity index (χ0v) is 17.0. The number of halogens is 3. The van der Waals surface area contributed by atoms with E-state index in [-0.39, 0.29) is 12.4 Å². The summed E-state index contributed by atoms with van der Waals surface area (Å²) in [6, 6.07) is 18.7. The molecule has 146 valence electrons. The summed E-state index contributed by atoms with van der Waals surface area (Å²) >= 11 is 12.6. The molecular formula is C23H16Cl2FNO2. The lowest BCUT2D eigenvalue weighted by Crippen LogP contribution is -1.99. The number of methoxy groups -OCH3 is 1. The van der Waals surface area contributed by atoms with Gasteiger partial charge < -0.3 is 9.47 Å². The molecule has 0 radical (unpaired) electrons. The molecule has 0 unspecified atom stereocenters. The number of allylic oxidation sites excluding steroid dienone is 1. The summed E-state index contributed by atoms with van der Waals surface area (Å²) in [6.07, 6.45) is 1.67. The van der Waals surface area contributed by atoms with Crippen molar-refractivity contribution in [2.24, 2.45) is 0 Å². The van der Waals surface area contributed by atoms with Gasteiger partial charge in [0.15, 0.2) is 11.5 Å². The van der Waals surface area contributed by atoms with Crippen LogP contribution in [0, 0.1) is 17.1 Å². The zero-order valence-electron chi connectivity index (χ0n) is 15.5. The van der Waals surface area contributed by atoms with Gasteiger partial charge >= 0.3 is 0 Å². The van der Waals surface area contributed by atoms with E-state index in [1.807, 2.05) is 6.07 Å². The van der Waals surface area contributed by atoms with Crippen LogP contribution >= 0.6 is 23.2 Å². The molecule has 3 aromatic carbocycles. The van der Waals surface area contributed by atoms with Gasteiger partial charge in [0.05, 0.1) is 23.8 Å². The molecule has 0 bridgehead atoms. The molecular weight excluding hydrogens is 412 g/mol. The maximum Gasteiger partial charge on any atom is 0.180 e. The number of nitriles is 1. The Bertz CT molecular complexity index is 1110. The highest BCUT2D eigenvalue weighted by Crippen LogP contribution is 2.38. The molecule has 6 heteroatoms. The largest absolute Gasteiger partial charge is 0.493 e. The van der Waals surface area contributed by atoms with E-state index in [9.17, 15) is 9.65 Å². The Kier molecular flexibility index (Phi) is 6.77. The van der Waals surface area contributed by atoms with Gasteiger partial charge in [0.1, 0.15) is 12.4 Å². The first-order valence-corrected chi connectivity index (χ1v) is 9.39. The second-order valence-corrected chi connectivity index (χ2v) is 6.92. The summed E-state index contributed by atoms with van der Waals surface area (Å²) in [6.45, 7) is 0.131. The minimum absolute atomic E-state index is 0.131. The van der Waals surface area contributed by atoms with Crippen molar-refractivity contribution in [1.82, 2.24) is 0 Å². The molecule has 0 heterocycles. The fraction of sp³-hybridized carbons (Fsp3) is 0.0870. The standard InChI is InChI=1S/C23H16Cl2FNO2/c1-28-22-12-16(9-17(13-27)19-7-2-3-8-20(19)24)11-21(25)23(22)29-14-15-5-4-6-18(26)10-15/h2-12H,14H2,1H3. The van der Waals surface area contributed by atoms with Gasteiger partial charge in [-0.25, -0.2) is 4.39 Å². The van der Waals surface area contributed by atoms with E-state index in [0.717, 1.165) is 0 Å². The van der Waals surface area contributed by atoms with Gasteiger partial charge in [0.25, 0.3) is 0 Å². The lowest BCUT2D eigenvalue weighted by atomic mass is 10.0. The van der Waals surface area contributed by atoms with E-state index in [1.165, 1.54) is 19.2 Å². The lowest BCUT2D eigenvalue weighted by Gasteiger charge is -2.14. The first kappa shape index (κ1) is 20.7. The predicted octanol–water partition coefficient (Wildman–Crippen LogP) is 6.78. The van der Waals surface area contributed by atoms with Crippen LogP contribution in [0.5, 0.6) is 11.5 Å². The molecule has 3 aromatic rings. The third-order valence-electron chi connectivity index (χ3n) is 4.12. The predicted molar refractivity (Wildman–Crippen MR) is 114 cm³/mol. The van der Waals surface area contributed by atoms with Crippen molar-refractivity contribution in [3.8, 4) is 17.6 Å². The van der Waals surface area contributed by atoms with Gasteiger partial charge in [-0.2, -0.15) is 5.26 Å². The van der Waals surface area contributed by atoms with Crippen LogP contribution in [-0.4, -0.2) is 7.11 Å². The van der Waals surface area contributed by atoms with E-state index >= 15 is 0 Å². The number of benzene rings is 3. The Balaban J connectivity index is 1.92. The summed E-state index contributed by atoms with van der Waals surface area (Å²) < 4.78 is 24.5. The minimum atomic E-state index is -0.340. The molecule has 29 heavy (non-hydrogen) atoms. The Morgan fingerprint density at radius 2 is 1.86 bits per heavy atom. The van der Waals surface area contributed by atoms with Crippen LogP contribution < -0.4 is 9.47 Å². The molecule has 3 nitrogen and oxygen atoms in total. The molecule has 0 amide bonds. The van der Waals surface area contributed by atoms with Crippen LogP contribution in [0.4, 0.5) is 4.39 Å². The van der Waals surface area contributed by atoms with E-state index in [0.29, 0.717) is 43.8 Å². The van der Waals surface area contributed by atoms with Crippen molar-refractivity contribution in [2.75, 3.05) is 7.11 Å². The van der Waals surface area contributed by atoms with E-state index in [1.54, 1.807) is 48.5 Å². The van der Waals surface area contributed by atoms with Gasteiger partial charge in [-0.05, 0) is 47.5 Å². The molecule has 0 atom stereocenters. The monoisotopic (exact) mass is 427 g/mol. The van der Waals surface area contributed by atoms with Crippen molar-refractivity contribution < 1.29 is 13.9 Å². The third kappa shape index (κ3) is 5.08. The highest BCUT2D eigenvalue weighted by atomic mass is 35.5. The van der Waals surface area contributed by atoms with Gasteiger partial charge in [0.2, 0.25) is 0 Å². The van der Waals surface area contributed by atoms with Crippen LogP contribution in [0.25, 0.3) is 11.6 Å². The van der Waals surface area contributed by atoms with E-state index in [4.69, 9.17) is 32.7 Å². The molecule has 0 aromatic heterocycles. The Labute approximate surface area is 178 Å². The van der Waals surface area contributed by atoms with Crippen LogP contribution in [0.15, 0.2) is 60.7 Å². The first-order chi connectivity index (χ1) is 14.0. The smallest absolute Gasteiger partial charge is 0.180 e. The van der Waals surface area contributed by atoms with Crippen molar-refractivity contribution >= 4 is 34.9 Å². The molecule has 0 N–H and O–H groups in total. The van der Waals surface area contributed by atoms with E-state index in [2.05, 4.69) is 6.07 Å². The average molecular weight is 428 g/mol. The highest BCUT2D eigenvalue weighted by molar-refractivity contribution is 6.33. The van der Waals surface area contributed by atoms with Crippen molar-refractivity contribution in [1.29, 1.82) is 5.26 Å². The lowest BCUT2D eigenvalue weighted by molar-refractivity contribution is 0.284. The number of nitrogens with zero attached hydrogens (tertiary/aromatic N) is 1. The molecule has 0 aliphatic rings. The number of hydrogen-bond acceptors (Lipinski definition) is 3. The summed E-state index contributed by atoms with van der Waals surface area (Å²) in [5, 5.41) is 10.3. The van der Waals surface area contributed by atoms with Crippen LogP contribution in [0.1, 0.15) is 16.7 Å². The second kappa shape index (κ2) is 9.47. The number of hydrogen-bond donors (Lipinski definition) is 0. The average Bonchev–Trinajstić information content (AvgIpc) is 2.71. The van der Waals surface area contributed by atoms with Gasteiger partial charge in [-0.1, -0.05) is 53.5 Å². The fourth-order valence-corrected chi connectivity index (χ4v) is 3.27. The summed E-state index contributed by atoms with van der Waals surface area (Å²) in [5.41, 5.74) is 2.33. The van der Waals surface area contributed by atoms with E-state index < -0.39 is 0 Å². The van der Waals surface area contributed by atoms with Gasteiger partial charge in [-0.15, -0.1) is 0 Å². The second-order valence-electron chi connectivity index (χ2n) is 6.10. The molecule has 0 fully saturated rings. The number of ether oxygens (including phenoxy) is 2. The number of rotatable bonds is 6. The zero-order chi connectivity index (χ0) is 20.8. The quantitative estimate of drug-likeness (QED) is 0.321. The highest BCUT2D eigenvalue weighted by Gasteiger charge is 2.13. The fourth-order valence-electron chi connectivity index (χ4n) is 2.76. The Morgan fingerprint density at radius 3 is 2.55 bits per heavy atom.